The Bertz CT molecular complexity index is 1240. The summed E-state index contributed by atoms with van der Waals surface area (Å²) in [6, 6.07) is 26.5. The van der Waals surface area contributed by atoms with Crippen molar-refractivity contribution in [2.75, 3.05) is 0 Å². The minimum Gasteiger partial charge on any atom is -0.489 e. The van der Waals surface area contributed by atoms with Crippen molar-refractivity contribution < 1.29 is 14.3 Å². The zero-order valence-electron chi connectivity index (χ0n) is 18.4. The van der Waals surface area contributed by atoms with Crippen LogP contribution in [0.4, 0.5) is 0 Å². The fourth-order valence-corrected chi connectivity index (χ4v) is 3.67. The molecule has 0 unspecified atom stereocenters. The van der Waals surface area contributed by atoms with Gasteiger partial charge in [-0.05, 0) is 52.9 Å². The second-order valence-electron chi connectivity index (χ2n) is 8.74. The number of hydrogen-bond acceptors (Lipinski definition) is 3. The summed E-state index contributed by atoms with van der Waals surface area (Å²) in [6.45, 7) is 6.98. The van der Waals surface area contributed by atoms with Crippen molar-refractivity contribution in [2.45, 2.75) is 32.8 Å². The number of fused-ring (bicyclic) bond motifs is 1. The summed E-state index contributed by atoms with van der Waals surface area (Å²) in [5, 5.41) is 2.27. The summed E-state index contributed by atoms with van der Waals surface area (Å²) in [5.74, 6) is 0.889. The standard InChI is InChI=1S/C28H25ClO3/c1-28(2,3)21-12-14-22(15-13-21)31-18-19-8-10-20(11-9-19)27(30)32-26-17-16-25(29)23-6-4-5-7-24(23)26/h4-17H,18H2,1-3H3. The van der Waals surface area contributed by atoms with Crippen molar-refractivity contribution in [3.63, 3.8) is 0 Å². The first-order chi connectivity index (χ1) is 15.3. The molecule has 0 N–H and O–H groups in total. The third-order valence-electron chi connectivity index (χ3n) is 5.35. The zero-order valence-corrected chi connectivity index (χ0v) is 19.1. The Morgan fingerprint density at radius 1 is 0.812 bits per heavy atom. The van der Waals surface area contributed by atoms with Crippen molar-refractivity contribution in [2.24, 2.45) is 0 Å². The molecule has 0 saturated carbocycles. The average Bonchev–Trinajstić information content (AvgIpc) is 2.80. The van der Waals surface area contributed by atoms with Gasteiger partial charge in [-0.25, -0.2) is 4.79 Å². The number of ether oxygens (including phenoxy) is 2. The maximum absolute atomic E-state index is 12.7. The first kappa shape index (κ1) is 21.9. The van der Waals surface area contributed by atoms with E-state index in [-0.39, 0.29) is 5.41 Å². The first-order valence-electron chi connectivity index (χ1n) is 10.5. The molecular formula is C28H25ClO3. The zero-order chi connectivity index (χ0) is 22.7. The number of hydrogen-bond donors (Lipinski definition) is 0. The van der Waals surface area contributed by atoms with E-state index in [9.17, 15) is 4.79 Å². The molecule has 4 aromatic rings. The van der Waals surface area contributed by atoms with Crippen LogP contribution in [0.1, 0.15) is 42.3 Å². The lowest BCUT2D eigenvalue weighted by atomic mass is 9.87. The monoisotopic (exact) mass is 444 g/mol. The Kier molecular flexibility index (Phi) is 6.20. The smallest absolute Gasteiger partial charge is 0.343 e. The van der Waals surface area contributed by atoms with Crippen LogP contribution in [0.5, 0.6) is 11.5 Å². The van der Waals surface area contributed by atoms with Crippen LogP contribution >= 0.6 is 11.6 Å². The van der Waals surface area contributed by atoms with Gasteiger partial charge in [-0.15, -0.1) is 0 Å². The van der Waals surface area contributed by atoms with Crippen molar-refractivity contribution >= 4 is 28.3 Å². The molecule has 0 aromatic heterocycles. The van der Waals surface area contributed by atoms with Gasteiger partial charge < -0.3 is 9.47 Å². The normalized spacial score (nSPS) is 11.4. The molecule has 0 bridgehead atoms. The summed E-state index contributed by atoms with van der Waals surface area (Å²) >= 11 is 6.25. The molecule has 0 aliphatic rings. The molecule has 4 aromatic carbocycles. The quantitative estimate of drug-likeness (QED) is 0.235. The van der Waals surface area contributed by atoms with E-state index >= 15 is 0 Å². The maximum atomic E-state index is 12.7. The fourth-order valence-electron chi connectivity index (χ4n) is 3.44. The number of halogens is 1. The SMILES string of the molecule is CC(C)(C)c1ccc(OCc2ccc(C(=O)Oc3ccc(Cl)c4ccccc34)cc2)cc1. The lowest BCUT2D eigenvalue weighted by Crippen LogP contribution is -2.10. The molecule has 3 nitrogen and oxygen atoms in total. The van der Waals surface area contributed by atoms with E-state index in [4.69, 9.17) is 21.1 Å². The predicted octanol–water partition coefficient (Wildman–Crippen LogP) is 7.59. The highest BCUT2D eigenvalue weighted by Crippen LogP contribution is 2.31. The van der Waals surface area contributed by atoms with E-state index in [1.54, 1.807) is 24.3 Å². The van der Waals surface area contributed by atoms with Gasteiger partial charge in [0.2, 0.25) is 0 Å². The second-order valence-corrected chi connectivity index (χ2v) is 9.15. The van der Waals surface area contributed by atoms with Gasteiger partial charge in [-0.3, -0.25) is 0 Å². The topological polar surface area (TPSA) is 35.5 Å². The van der Waals surface area contributed by atoms with E-state index in [0.717, 1.165) is 22.1 Å². The summed E-state index contributed by atoms with van der Waals surface area (Å²) in [6.07, 6.45) is 0. The third kappa shape index (κ3) is 4.95. The van der Waals surface area contributed by atoms with Gasteiger partial charge in [-0.2, -0.15) is 0 Å². The molecule has 0 heterocycles. The molecule has 0 saturated heterocycles. The molecule has 0 atom stereocenters. The van der Waals surface area contributed by atoms with Crippen LogP contribution in [0.2, 0.25) is 5.02 Å². The molecule has 32 heavy (non-hydrogen) atoms. The minimum absolute atomic E-state index is 0.112. The van der Waals surface area contributed by atoms with Crippen molar-refractivity contribution in [1.29, 1.82) is 0 Å². The average molecular weight is 445 g/mol. The van der Waals surface area contributed by atoms with Crippen LogP contribution in [-0.2, 0) is 12.0 Å². The molecule has 162 valence electrons. The van der Waals surface area contributed by atoms with Gasteiger partial charge >= 0.3 is 5.97 Å². The number of rotatable bonds is 5. The maximum Gasteiger partial charge on any atom is 0.343 e. The summed E-state index contributed by atoms with van der Waals surface area (Å²) < 4.78 is 11.5. The molecule has 0 aliphatic heterocycles. The molecular weight excluding hydrogens is 420 g/mol. The Morgan fingerprint density at radius 3 is 2.12 bits per heavy atom. The molecule has 0 radical (unpaired) electrons. The summed E-state index contributed by atoms with van der Waals surface area (Å²) in [4.78, 5) is 12.7. The number of carbonyl (C=O) groups is 1. The van der Waals surface area contributed by atoms with Crippen LogP contribution < -0.4 is 9.47 Å². The van der Waals surface area contributed by atoms with Gasteiger partial charge in [0, 0.05) is 15.8 Å². The van der Waals surface area contributed by atoms with Gasteiger partial charge in [0.1, 0.15) is 18.1 Å². The largest absolute Gasteiger partial charge is 0.489 e. The van der Waals surface area contributed by atoms with Crippen LogP contribution in [0.15, 0.2) is 84.9 Å². The predicted molar refractivity (Wildman–Crippen MR) is 130 cm³/mol. The molecule has 0 spiro atoms. The highest BCUT2D eigenvalue weighted by atomic mass is 35.5. The van der Waals surface area contributed by atoms with Crippen LogP contribution in [0, 0.1) is 0 Å². The van der Waals surface area contributed by atoms with Gasteiger partial charge in [0.05, 0.1) is 5.56 Å². The number of carbonyl (C=O) groups excluding carboxylic acids is 1. The highest BCUT2D eigenvalue weighted by molar-refractivity contribution is 6.35. The van der Waals surface area contributed by atoms with E-state index in [2.05, 4.69) is 32.9 Å². The van der Waals surface area contributed by atoms with Gasteiger partial charge in [0.15, 0.2) is 0 Å². The number of esters is 1. The van der Waals surface area contributed by atoms with Crippen molar-refractivity contribution in [3.8, 4) is 11.5 Å². The van der Waals surface area contributed by atoms with Gasteiger partial charge in [0.25, 0.3) is 0 Å². The van der Waals surface area contributed by atoms with Crippen LogP contribution in [0.3, 0.4) is 0 Å². The van der Waals surface area contributed by atoms with E-state index in [1.165, 1.54) is 5.56 Å². The van der Waals surface area contributed by atoms with Crippen molar-refractivity contribution in [3.05, 3.63) is 107 Å². The van der Waals surface area contributed by atoms with Crippen LogP contribution in [0.25, 0.3) is 10.8 Å². The lowest BCUT2D eigenvalue weighted by molar-refractivity contribution is 0.0737. The molecule has 0 aliphatic carbocycles. The first-order valence-corrected chi connectivity index (χ1v) is 10.9. The van der Waals surface area contributed by atoms with E-state index < -0.39 is 5.97 Å². The van der Waals surface area contributed by atoms with Crippen LogP contribution in [-0.4, -0.2) is 5.97 Å². The highest BCUT2D eigenvalue weighted by Gasteiger charge is 2.14. The Hall–Kier alpha value is -3.30. The fraction of sp³-hybridized carbons (Fsp3) is 0.179. The third-order valence-corrected chi connectivity index (χ3v) is 5.68. The lowest BCUT2D eigenvalue weighted by Gasteiger charge is -2.19. The molecule has 4 heteroatoms. The van der Waals surface area contributed by atoms with E-state index in [0.29, 0.717) is 22.9 Å². The molecule has 4 rings (SSSR count). The van der Waals surface area contributed by atoms with Crippen molar-refractivity contribution in [1.82, 2.24) is 0 Å². The van der Waals surface area contributed by atoms with Gasteiger partial charge in [-0.1, -0.05) is 80.9 Å². The summed E-state index contributed by atoms with van der Waals surface area (Å²) in [7, 11) is 0. The minimum atomic E-state index is -0.414. The number of benzene rings is 4. The molecule has 0 amide bonds. The Labute approximate surface area is 193 Å². The Balaban J connectivity index is 1.40. The molecule has 0 fully saturated rings. The van der Waals surface area contributed by atoms with E-state index in [1.807, 2.05) is 48.5 Å². The second kappa shape index (κ2) is 9.05. The summed E-state index contributed by atoms with van der Waals surface area (Å²) in [5.41, 5.74) is 2.82. The Morgan fingerprint density at radius 2 is 1.47 bits per heavy atom.